The second-order valence-corrected chi connectivity index (χ2v) is 5.32. The number of benzene rings is 1. The number of rotatable bonds is 3. The summed E-state index contributed by atoms with van der Waals surface area (Å²) in [7, 11) is 1.60. The van der Waals surface area contributed by atoms with E-state index in [-0.39, 0.29) is 0 Å². The van der Waals surface area contributed by atoms with E-state index in [1.165, 1.54) is 0 Å². The van der Waals surface area contributed by atoms with Crippen LogP contribution in [0.15, 0.2) is 23.6 Å². The first-order valence-corrected chi connectivity index (χ1v) is 6.14. The van der Waals surface area contributed by atoms with Gasteiger partial charge in [0.25, 0.3) is 0 Å². The molecular weight excluding hydrogens is 236 g/mol. The van der Waals surface area contributed by atoms with E-state index < -0.39 is 11.4 Å². The van der Waals surface area contributed by atoms with Crippen LogP contribution in [0.1, 0.15) is 19.4 Å². The zero-order valence-corrected chi connectivity index (χ0v) is 10.8. The van der Waals surface area contributed by atoms with Gasteiger partial charge in [0.1, 0.15) is 5.75 Å². The van der Waals surface area contributed by atoms with Gasteiger partial charge < -0.3 is 9.84 Å². The average Bonchev–Trinajstić information content (AvgIpc) is 2.72. The van der Waals surface area contributed by atoms with Crippen molar-refractivity contribution in [1.82, 2.24) is 0 Å². The minimum absolute atomic E-state index is 0.730. The Morgan fingerprint density at radius 1 is 1.41 bits per heavy atom. The molecule has 0 atom stereocenters. The van der Waals surface area contributed by atoms with Crippen molar-refractivity contribution in [1.29, 1.82) is 0 Å². The summed E-state index contributed by atoms with van der Waals surface area (Å²) < 4.78 is 6.36. The zero-order chi connectivity index (χ0) is 12.6. The number of methoxy groups -OCH3 is 1. The number of carboxylic acids is 1. The molecule has 1 aromatic carbocycles. The van der Waals surface area contributed by atoms with Crippen molar-refractivity contribution >= 4 is 27.4 Å². The van der Waals surface area contributed by atoms with Gasteiger partial charge in [-0.3, -0.25) is 4.79 Å². The normalized spacial score (nSPS) is 11.7. The summed E-state index contributed by atoms with van der Waals surface area (Å²) in [5.74, 6) is -0.101. The third kappa shape index (κ3) is 1.78. The van der Waals surface area contributed by atoms with E-state index in [1.807, 2.05) is 23.6 Å². The number of fused-ring (bicyclic) bond motifs is 1. The smallest absolute Gasteiger partial charge is 0.313 e. The third-order valence-electron chi connectivity index (χ3n) is 2.99. The predicted octanol–water partition coefficient (Wildman–Crippen LogP) is 3.27. The molecule has 1 aromatic heterocycles. The van der Waals surface area contributed by atoms with Crippen molar-refractivity contribution in [2.45, 2.75) is 19.3 Å². The highest BCUT2D eigenvalue weighted by Crippen LogP contribution is 2.39. The van der Waals surface area contributed by atoms with Crippen LogP contribution in [0.3, 0.4) is 0 Å². The van der Waals surface area contributed by atoms with E-state index in [1.54, 1.807) is 32.3 Å². The molecule has 0 amide bonds. The number of carbonyl (C=O) groups is 1. The lowest BCUT2D eigenvalue weighted by Gasteiger charge is -2.19. The van der Waals surface area contributed by atoms with E-state index >= 15 is 0 Å². The van der Waals surface area contributed by atoms with Crippen molar-refractivity contribution in [3.63, 3.8) is 0 Å². The lowest BCUT2D eigenvalue weighted by Crippen LogP contribution is -2.28. The molecule has 0 bridgehead atoms. The number of carboxylic acid groups (broad SMARTS) is 1. The minimum atomic E-state index is -0.910. The summed E-state index contributed by atoms with van der Waals surface area (Å²) in [6, 6.07) is 5.75. The molecule has 0 aliphatic heterocycles. The topological polar surface area (TPSA) is 46.5 Å². The third-order valence-corrected chi connectivity index (χ3v) is 3.94. The first-order chi connectivity index (χ1) is 7.98. The van der Waals surface area contributed by atoms with Crippen LogP contribution in [0.2, 0.25) is 0 Å². The molecule has 2 rings (SSSR count). The van der Waals surface area contributed by atoms with Crippen LogP contribution < -0.4 is 4.74 Å². The molecule has 1 N–H and O–H groups in total. The zero-order valence-electron chi connectivity index (χ0n) is 9.98. The summed E-state index contributed by atoms with van der Waals surface area (Å²) in [6.45, 7) is 3.42. The van der Waals surface area contributed by atoms with Gasteiger partial charge in [-0.25, -0.2) is 0 Å². The number of aliphatic carboxylic acids is 1. The highest BCUT2D eigenvalue weighted by atomic mass is 32.1. The molecule has 1 heterocycles. The van der Waals surface area contributed by atoms with Gasteiger partial charge in [-0.2, -0.15) is 0 Å². The highest BCUT2D eigenvalue weighted by molar-refractivity contribution is 7.17. The van der Waals surface area contributed by atoms with E-state index in [2.05, 4.69) is 0 Å². The minimum Gasteiger partial charge on any atom is -0.496 e. The lowest BCUT2D eigenvalue weighted by atomic mass is 9.84. The van der Waals surface area contributed by atoms with Crippen LogP contribution in [0.25, 0.3) is 10.1 Å². The van der Waals surface area contributed by atoms with E-state index in [0.29, 0.717) is 0 Å². The molecule has 4 heteroatoms. The van der Waals surface area contributed by atoms with Crippen molar-refractivity contribution in [3.05, 3.63) is 29.1 Å². The van der Waals surface area contributed by atoms with Gasteiger partial charge in [0.15, 0.2) is 0 Å². The second kappa shape index (κ2) is 4.04. The van der Waals surface area contributed by atoms with Crippen LogP contribution >= 0.6 is 11.3 Å². The maximum Gasteiger partial charge on any atom is 0.313 e. The van der Waals surface area contributed by atoms with Gasteiger partial charge in [-0.15, -0.1) is 11.3 Å². The molecule has 0 aliphatic rings. The van der Waals surface area contributed by atoms with Crippen LogP contribution in [-0.4, -0.2) is 18.2 Å². The van der Waals surface area contributed by atoms with E-state index in [9.17, 15) is 9.90 Å². The van der Waals surface area contributed by atoms with Gasteiger partial charge in [0.2, 0.25) is 0 Å². The molecule has 0 fully saturated rings. The first-order valence-electron chi connectivity index (χ1n) is 5.26. The number of ether oxygens (including phenoxy) is 1. The summed E-state index contributed by atoms with van der Waals surface area (Å²) in [4.78, 5) is 11.3. The fourth-order valence-electron chi connectivity index (χ4n) is 1.80. The van der Waals surface area contributed by atoms with Gasteiger partial charge in [-0.05, 0) is 36.9 Å². The van der Waals surface area contributed by atoms with Crippen LogP contribution in [0.5, 0.6) is 5.75 Å². The fourth-order valence-corrected chi connectivity index (χ4v) is 2.94. The molecule has 17 heavy (non-hydrogen) atoms. The van der Waals surface area contributed by atoms with Gasteiger partial charge in [0.05, 0.1) is 12.5 Å². The van der Waals surface area contributed by atoms with Gasteiger partial charge in [-0.1, -0.05) is 6.07 Å². The van der Waals surface area contributed by atoms with Crippen molar-refractivity contribution in [2.24, 2.45) is 0 Å². The summed E-state index contributed by atoms with van der Waals surface area (Å²) in [6.07, 6.45) is 0. The standard InChI is InChI=1S/C13H14O3S/c1-13(2,12(14)15)8-7-17-10-6-4-5-9(16-3)11(8)10/h4-7H,1-3H3,(H,14,15). The van der Waals surface area contributed by atoms with Gasteiger partial charge in [0, 0.05) is 10.1 Å². The van der Waals surface area contributed by atoms with Crippen LogP contribution in [-0.2, 0) is 10.2 Å². The summed E-state index contributed by atoms with van der Waals surface area (Å²) >= 11 is 1.54. The van der Waals surface area contributed by atoms with Gasteiger partial charge >= 0.3 is 5.97 Å². The fraction of sp³-hybridized carbons (Fsp3) is 0.308. The predicted molar refractivity (Wildman–Crippen MR) is 69.0 cm³/mol. The van der Waals surface area contributed by atoms with Crippen LogP contribution in [0, 0.1) is 0 Å². The molecule has 0 aliphatic carbocycles. The summed E-state index contributed by atoms with van der Waals surface area (Å²) in [5, 5.41) is 12.1. The molecule has 2 aromatic rings. The number of hydrogen-bond donors (Lipinski definition) is 1. The molecular formula is C13H14O3S. The Morgan fingerprint density at radius 2 is 2.12 bits per heavy atom. The molecule has 0 saturated heterocycles. The van der Waals surface area contributed by atoms with E-state index in [0.717, 1.165) is 21.4 Å². The molecule has 90 valence electrons. The maximum atomic E-state index is 11.3. The maximum absolute atomic E-state index is 11.3. The largest absolute Gasteiger partial charge is 0.496 e. The molecule has 0 radical (unpaired) electrons. The summed E-state index contributed by atoms with van der Waals surface area (Å²) in [5.41, 5.74) is -0.102. The molecule has 0 spiro atoms. The second-order valence-electron chi connectivity index (χ2n) is 4.41. The quantitative estimate of drug-likeness (QED) is 0.909. The Labute approximate surface area is 104 Å². The Morgan fingerprint density at radius 3 is 2.71 bits per heavy atom. The Balaban J connectivity index is 2.75. The number of hydrogen-bond acceptors (Lipinski definition) is 3. The lowest BCUT2D eigenvalue weighted by molar-refractivity contribution is -0.142. The first kappa shape index (κ1) is 11.9. The Hall–Kier alpha value is -1.55. The molecule has 0 saturated carbocycles. The Bertz CT molecular complexity index is 569. The Kier molecular flexibility index (Phi) is 2.83. The monoisotopic (exact) mass is 250 g/mol. The van der Waals surface area contributed by atoms with Crippen molar-refractivity contribution in [3.8, 4) is 5.75 Å². The van der Waals surface area contributed by atoms with Crippen LogP contribution in [0.4, 0.5) is 0 Å². The molecule has 3 nitrogen and oxygen atoms in total. The molecule has 0 unspecified atom stereocenters. The number of thiophene rings is 1. The van der Waals surface area contributed by atoms with E-state index in [4.69, 9.17) is 4.74 Å². The average molecular weight is 250 g/mol. The van der Waals surface area contributed by atoms with Crippen molar-refractivity contribution in [2.75, 3.05) is 7.11 Å². The SMILES string of the molecule is COc1cccc2scc(C(C)(C)C(=O)O)c12. The van der Waals surface area contributed by atoms with Crippen molar-refractivity contribution < 1.29 is 14.6 Å². The highest BCUT2D eigenvalue weighted by Gasteiger charge is 2.32.